The van der Waals surface area contributed by atoms with Crippen molar-refractivity contribution < 1.29 is 0 Å². The molecule has 126 valence electrons. The molecule has 0 saturated carbocycles. The molecule has 1 aromatic heterocycles. The molecule has 0 bridgehead atoms. The highest BCUT2D eigenvalue weighted by Crippen LogP contribution is 2.33. The van der Waals surface area contributed by atoms with Crippen molar-refractivity contribution in [3.05, 3.63) is 51.8 Å². The fourth-order valence-corrected chi connectivity index (χ4v) is 3.93. The first-order valence-corrected chi connectivity index (χ1v) is 8.54. The number of aryl methyl sites for hydroxylation is 2. The van der Waals surface area contributed by atoms with E-state index in [-0.39, 0.29) is 12.4 Å². The van der Waals surface area contributed by atoms with E-state index >= 15 is 0 Å². The first kappa shape index (κ1) is 18.5. The molecule has 4 nitrogen and oxygen atoms in total. The van der Waals surface area contributed by atoms with Crippen LogP contribution in [-0.4, -0.2) is 34.3 Å². The van der Waals surface area contributed by atoms with Crippen molar-refractivity contribution in [2.45, 2.75) is 19.4 Å². The summed E-state index contributed by atoms with van der Waals surface area (Å²) >= 11 is 3.67. The van der Waals surface area contributed by atoms with Gasteiger partial charge in [-0.3, -0.25) is 9.58 Å². The molecule has 23 heavy (non-hydrogen) atoms. The van der Waals surface area contributed by atoms with Gasteiger partial charge in [0.15, 0.2) is 0 Å². The predicted octanol–water partition coefficient (Wildman–Crippen LogP) is 3.09. The standard InChI is InChI=1S/C17H23BrN4.ClH/c1-12-17(18)16(21(2)20-12)11-22-9-14(8-19)15(10-22)13-6-4-3-5-7-13;/h3-7,14-15H,8-11,19H2,1-2H3;1H/t14-,15+;/m1./s1. The van der Waals surface area contributed by atoms with Crippen LogP contribution in [0.15, 0.2) is 34.8 Å². The summed E-state index contributed by atoms with van der Waals surface area (Å²) in [5, 5.41) is 4.49. The topological polar surface area (TPSA) is 47.1 Å². The highest BCUT2D eigenvalue weighted by molar-refractivity contribution is 9.10. The molecule has 1 aromatic carbocycles. The number of rotatable bonds is 4. The Hall–Kier alpha value is -0.880. The molecule has 0 unspecified atom stereocenters. The minimum Gasteiger partial charge on any atom is -0.330 e. The summed E-state index contributed by atoms with van der Waals surface area (Å²) in [5.41, 5.74) is 9.72. The Morgan fingerprint density at radius 3 is 2.52 bits per heavy atom. The number of hydrogen-bond acceptors (Lipinski definition) is 3. The van der Waals surface area contributed by atoms with Crippen LogP contribution in [0.5, 0.6) is 0 Å². The van der Waals surface area contributed by atoms with Gasteiger partial charge in [0.05, 0.1) is 15.9 Å². The number of hydrogen-bond donors (Lipinski definition) is 1. The SMILES string of the molecule is Cc1nn(C)c(CN2C[C@@H](CN)[C@H](c3ccccc3)C2)c1Br.Cl. The number of nitrogens with two attached hydrogens (primary N) is 1. The van der Waals surface area contributed by atoms with Crippen LogP contribution in [0, 0.1) is 12.8 Å². The molecular formula is C17H24BrClN4. The summed E-state index contributed by atoms with van der Waals surface area (Å²) in [6.45, 7) is 5.79. The fourth-order valence-electron chi connectivity index (χ4n) is 3.47. The average Bonchev–Trinajstić information content (AvgIpc) is 3.05. The third-order valence-electron chi connectivity index (χ3n) is 4.68. The molecule has 2 heterocycles. The fraction of sp³-hybridized carbons (Fsp3) is 0.471. The largest absolute Gasteiger partial charge is 0.330 e. The zero-order valence-corrected chi connectivity index (χ0v) is 16.0. The second kappa shape index (κ2) is 7.79. The van der Waals surface area contributed by atoms with Gasteiger partial charge in [-0.1, -0.05) is 30.3 Å². The van der Waals surface area contributed by atoms with Gasteiger partial charge in [-0.05, 0) is 40.9 Å². The van der Waals surface area contributed by atoms with Gasteiger partial charge in [-0.25, -0.2) is 0 Å². The van der Waals surface area contributed by atoms with E-state index in [1.807, 2.05) is 18.7 Å². The molecule has 0 amide bonds. The van der Waals surface area contributed by atoms with Crippen molar-refractivity contribution in [1.29, 1.82) is 0 Å². The Kier molecular flexibility index (Phi) is 6.26. The Morgan fingerprint density at radius 2 is 1.96 bits per heavy atom. The maximum absolute atomic E-state index is 6.03. The highest BCUT2D eigenvalue weighted by Gasteiger charge is 2.33. The molecule has 1 aliphatic heterocycles. The second-order valence-electron chi connectivity index (χ2n) is 6.18. The molecule has 1 saturated heterocycles. The summed E-state index contributed by atoms with van der Waals surface area (Å²) in [6.07, 6.45) is 0. The number of likely N-dealkylation sites (tertiary alicyclic amines) is 1. The normalized spacial score (nSPS) is 21.4. The lowest BCUT2D eigenvalue weighted by atomic mass is 9.89. The van der Waals surface area contributed by atoms with Gasteiger partial charge in [0.25, 0.3) is 0 Å². The zero-order valence-electron chi connectivity index (χ0n) is 13.6. The molecule has 1 aliphatic rings. The van der Waals surface area contributed by atoms with Gasteiger partial charge >= 0.3 is 0 Å². The monoisotopic (exact) mass is 398 g/mol. The van der Waals surface area contributed by atoms with E-state index < -0.39 is 0 Å². The predicted molar refractivity (Wildman–Crippen MR) is 99.9 cm³/mol. The summed E-state index contributed by atoms with van der Waals surface area (Å²) in [7, 11) is 2.01. The van der Waals surface area contributed by atoms with Gasteiger partial charge in [-0.2, -0.15) is 5.10 Å². The first-order valence-electron chi connectivity index (χ1n) is 7.75. The van der Waals surface area contributed by atoms with Crippen LogP contribution < -0.4 is 5.73 Å². The van der Waals surface area contributed by atoms with E-state index in [9.17, 15) is 0 Å². The van der Waals surface area contributed by atoms with E-state index in [1.165, 1.54) is 11.3 Å². The third-order valence-corrected chi connectivity index (χ3v) is 5.71. The van der Waals surface area contributed by atoms with Crippen LogP contribution in [0.25, 0.3) is 0 Å². The lowest BCUT2D eigenvalue weighted by Crippen LogP contribution is -2.24. The minimum atomic E-state index is 0. The molecule has 0 radical (unpaired) electrons. The smallest absolute Gasteiger partial charge is 0.0739 e. The molecule has 3 rings (SSSR count). The Balaban J connectivity index is 0.00000192. The Bertz CT molecular complexity index is 644. The maximum atomic E-state index is 6.03. The molecule has 6 heteroatoms. The van der Waals surface area contributed by atoms with E-state index in [0.29, 0.717) is 11.8 Å². The minimum absolute atomic E-state index is 0. The summed E-state index contributed by atoms with van der Waals surface area (Å²) in [6, 6.07) is 10.8. The number of nitrogens with zero attached hydrogens (tertiary/aromatic N) is 3. The molecule has 0 aliphatic carbocycles. The maximum Gasteiger partial charge on any atom is 0.0739 e. The lowest BCUT2D eigenvalue weighted by molar-refractivity contribution is 0.307. The highest BCUT2D eigenvalue weighted by atomic mass is 79.9. The quantitative estimate of drug-likeness (QED) is 0.859. The van der Waals surface area contributed by atoms with Gasteiger partial charge in [0, 0.05) is 32.6 Å². The van der Waals surface area contributed by atoms with E-state index in [2.05, 4.69) is 56.3 Å². The number of halogens is 2. The van der Waals surface area contributed by atoms with Crippen LogP contribution in [-0.2, 0) is 13.6 Å². The summed E-state index contributed by atoms with van der Waals surface area (Å²) in [5.74, 6) is 1.05. The van der Waals surface area contributed by atoms with Crippen LogP contribution in [0.3, 0.4) is 0 Å². The summed E-state index contributed by atoms with van der Waals surface area (Å²) < 4.78 is 3.11. The van der Waals surface area contributed by atoms with E-state index in [4.69, 9.17) is 5.73 Å². The zero-order chi connectivity index (χ0) is 15.7. The number of benzene rings is 1. The molecule has 0 spiro atoms. The lowest BCUT2D eigenvalue weighted by Gasteiger charge is -2.17. The van der Waals surface area contributed by atoms with Gasteiger partial charge in [-0.15, -0.1) is 12.4 Å². The van der Waals surface area contributed by atoms with Gasteiger partial charge in [0.2, 0.25) is 0 Å². The van der Waals surface area contributed by atoms with Crippen LogP contribution in [0.4, 0.5) is 0 Å². The number of aromatic nitrogens is 2. The van der Waals surface area contributed by atoms with Crippen molar-refractivity contribution in [2.24, 2.45) is 18.7 Å². The Labute approximate surface area is 152 Å². The van der Waals surface area contributed by atoms with E-state index in [0.717, 1.165) is 36.3 Å². The third kappa shape index (κ3) is 3.79. The Morgan fingerprint density at radius 1 is 1.26 bits per heavy atom. The van der Waals surface area contributed by atoms with Crippen LogP contribution >= 0.6 is 28.3 Å². The molecule has 2 atom stereocenters. The molecule has 2 N–H and O–H groups in total. The van der Waals surface area contributed by atoms with E-state index in [1.54, 1.807) is 0 Å². The van der Waals surface area contributed by atoms with Crippen molar-refractivity contribution in [2.75, 3.05) is 19.6 Å². The van der Waals surface area contributed by atoms with Crippen LogP contribution in [0.1, 0.15) is 22.9 Å². The van der Waals surface area contributed by atoms with Gasteiger partial charge < -0.3 is 5.73 Å². The molecular weight excluding hydrogens is 376 g/mol. The van der Waals surface area contributed by atoms with Crippen molar-refractivity contribution in [1.82, 2.24) is 14.7 Å². The van der Waals surface area contributed by atoms with Crippen LogP contribution in [0.2, 0.25) is 0 Å². The molecule has 1 fully saturated rings. The second-order valence-corrected chi connectivity index (χ2v) is 6.97. The average molecular weight is 400 g/mol. The van der Waals surface area contributed by atoms with Gasteiger partial charge in [0.1, 0.15) is 0 Å². The molecule has 2 aromatic rings. The van der Waals surface area contributed by atoms with Crippen molar-refractivity contribution in [3.8, 4) is 0 Å². The summed E-state index contributed by atoms with van der Waals surface area (Å²) in [4.78, 5) is 2.50. The first-order chi connectivity index (χ1) is 10.6. The van der Waals surface area contributed by atoms with Crippen molar-refractivity contribution in [3.63, 3.8) is 0 Å². The van der Waals surface area contributed by atoms with Crippen molar-refractivity contribution >= 4 is 28.3 Å².